The summed E-state index contributed by atoms with van der Waals surface area (Å²) in [5, 5.41) is 0. The summed E-state index contributed by atoms with van der Waals surface area (Å²) in [4.78, 5) is 25.6. The molecule has 0 saturated heterocycles. The smallest absolute Gasteiger partial charge is 0.361 e. The number of hydrogen-bond acceptors (Lipinski definition) is 8. The average molecular weight is 578 g/mol. The molecule has 1 atom stereocenters. The standard InChI is InChI=1S/C27H32NO8.BrH/c1-6-34-21-10-8-17(13-22(21)31-3)7-9-20(29)24-18-11-12-28(2,15-23(30)32-4)14-19(18)25(33-5)27-26(24)35-16-36-27;/h7-10,13H,6,11-12,14-16H2,1-5H3;1H/q+1;/p-1. The zero-order valence-corrected chi connectivity index (χ0v) is 23.3. The minimum Gasteiger partial charge on any atom is -1.00 e. The van der Waals surface area contributed by atoms with Gasteiger partial charge in [-0.15, -0.1) is 0 Å². The molecule has 0 spiro atoms. The first-order valence-corrected chi connectivity index (χ1v) is 11.8. The molecule has 37 heavy (non-hydrogen) atoms. The summed E-state index contributed by atoms with van der Waals surface area (Å²) in [6.45, 7) is 3.80. The van der Waals surface area contributed by atoms with Crippen LogP contribution in [0, 0.1) is 0 Å². The number of quaternary nitrogens is 1. The van der Waals surface area contributed by atoms with Crippen LogP contribution in [0.25, 0.3) is 6.08 Å². The van der Waals surface area contributed by atoms with Crippen LogP contribution in [0.5, 0.6) is 28.7 Å². The maximum absolute atomic E-state index is 13.6. The third kappa shape index (κ3) is 5.70. The van der Waals surface area contributed by atoms with Gasteiger partial charge in [0.25, 0.3) is 0 Å². The number of methoxy groups -OCH3 is 3. The lowest BCUT2D eigenvalue weighted by Crippen LogP contribution is -3.00. The second-order valence-corrected chi connectivity index (χ2v) is 8.96. The van der Waals surface area contributed by atoms with Crippen molar-refractivity contribution in [3.8, 4) is 28.7 Å². The molecule has 0 fully saturated rings. The summed E-state index contributed by atoms with van der Waals surface area (Å²) in [5.41, 5.74) is 2.97. The number of carbonyl (C=O) groups excluding carboxylic acids is 2. The van der Waals surface area contributed by atoms with Crippen LogP contribution in [0.2, 0.25) is 0 Å². The number of ether oxygens (including phenoxy) is 6. The molecule has 0 saturated carbocycles. The van der Waals surface area contributed by atoms with Gasteiger partial charge in [-0.3, -0.25) is 4.79 Å². The van der Waals surface area contributed by atoms with Crippen molar-refractivity contribution in [2.75, 3.05) is 54.9 Å². The van der Waals surface area contributed by atoms with E-state index in [0.717, 1.165) is 16.7 Å². The normalized spacial score (nSPS) is 17.5. The molecule has 2 aliphatic heterocycles. The number of nitrogens with zero attached hydrogens (tertiary/aromatic N) is 1. The second kappa shape index (κ2) is 11.9. The van der Waals surface area contributed by atoms with Crippen LogP contribution in [-0.4, -0.2) is 71.1 Å². The van der Waals surface area contributed by atoms with Gasteiger partial charge in [-0.05, 0) is 36.3 Å². The first-order chi connectivity index (χ1) is 17.3. The number of fused-ring (bicyclic) bond motifs is 2. The van der Waals surface area contributed by atoms with Crippen LogP contribution >= 0.6 is 0 Å². The van der Waals surface area contributed by atoms with Crippen LogP contribution in [0.3, 0.4) is 0 Å². The van der Waals surface area contributed by atoms with Crippen molar-refractivity contribution in [3.63, 3.8) is 0 Å². The second-order valence-electron chi connectivity index (χ2n) is 8.96. The van der Waals surface area contributed by atoms with Crippen LogP contribution in [0.1, 0.15) is 34.0 Å². The number of ketones is 1. The van der Waals surface area contributed by atoms with Gasteiger partial charge in [-0.2, -0.15) is 0 Å². The zero-order valence-electron chi connectivity index (χ0n) is 21.7. The number of rotatable bonds is 9. The average Bonchev–Trinajstić information content (AvgIpc) is 3.35. The Bertz CT molecular complexity index is 1210. The van der Waals surface area contributed by atoms with E-state index in [2.05, 4.69) is 0 Å². The molecule has 2 aromatic carbocycles. The molecule has 10 heteroatoms. The highest BCUT2D eigenvalue weighted by atomic mass is 79.9. The minimum atomic E-state index is -0.286. The Hall–Kier alpha value is -3.24. The first-order valence-electron chi connectivity index (χ1n) is 11.8. The summed E-state index contributed by atoms with van der Waals surface area (Å²) < 4.78 is 33.5. The van der Waals surface area contributed by atoms with E-state index in [-0.39, 0.29) is 42.1 Å². The van der Waals surface area contributed by atoms with Crippen LogP contribution in [-0.2, 0) is 22.5 Å². The van der Waals surface area contributed by atoms with Crippen LogP contribution in [0.15, 0.2) is 24.3 Å². The van der Waals surface area contributed by atoms with Crippen molar-refractivity contribution in [2.45, 2.75) is 19.9 Å². The molecule has 0 radical (unpaired) electrons. The van der Waals surface area contributed by atoms with Crippen LogP contribution in [0.4, 0.5) is 0 Å². The Kier molecular flexibility index (Phi) is 9.09. The van der Waals surface area contributed by atoms with E-state index in [1.807, 2.05) is 32.2 Å². The predicted octanol–water partition coefficient (Wildman–Crippen LogP) is 0.407. The SMILES string of the molecule is CCOc1ccc(C=CC(=O)c2c3c(c(OC)c4c2OCO4)C[N+](C)(CC(=O)OC)CC3)cc1OC.[Br-]. The molecule has 0 bridgehead atoms. The zero-order chi connectivity index (χ0) is 25.9. The number of hydrogen-bond donors (Lipinski definition) is 0. The fourth-order valence-corrected chi connectivity index (χ4v) is 4.79. The van der Waals surface area contributed by atoms with Gasteiger partial charge >= 0.3 is 5.97 Å². The first kappa shape index (κ1) is 28.3. The van der Waals surface area contributed by atoms with E-state index in [9.17, 15) is 9.59 Å². The van der Waals surface area contributed by atoms with Gasteiger partial charge in [-0.1, -0.05) is 12.1 Å². The highest BCUT2D eigenvalue weighted by molar-refractivity contribution is 6.11. The molecule has 2 aliphatic rings. The molecule has 0 N–H and O–H groups in total. The van der Waals surface area contributed by atoms with Gasteiger partial charge in [0.2, 0.25) is 12.5 Å². The van der Waals surface area contributed by atoms with Gasteiger partial charge in [0.05, 0.1) is 52.7 Å². The molecule has 0 amide bonds. The molecule has 4 rings (SSSR count). The van der Waals surface area contributed by atoms with E-state index >= 15 is 0 Å². The minimum absolute atomic E-state index is 0. The van der Waals surface area contributed by atoms with E-state index in [0.29, 0.717) is 64.9 Å². The van der Waals surface area contributed by atoms with E-state index in [4.69, 9.17) is 28.4 Å². The maximum atomic E-state index is 13.6. The van der Waals surface area contributed by atoms with E-state index < -0.39 is 0 Å². The molecular formula is C27H32BrNO8. The fourth-order valence-electron chi connectivity index (χ4n) is 4.79. The number of halogens is 1. The lowest BCUT2D eigenvalue weighted by atomic mass is 9.89. The number of benzene rings is 2. The Morgan fingerprint density at radius 3 is 2.49 bits per heavy atom. The Morgan fingerprint density at radius 1 is 1.05 bits per heavy atom. The van der Waals surface area contributed by atoms with Crippen molar-refractivity contribution in [3.05, 3.63) is 46.5 Å². The van der Waals surface area contributed by atoms with Crippen molar-refractivity contribution in [1.29, 1.82) is 0 Å². The van der Waals surface area contributed by atoms with Crippen LogP contribution < -0.4 is 40.7 Å². The summed E-state index contributed by atoms with van der Waals surface area (Å²) in [6.07, 6.45) is 3.83. The third-order valence-electron chi connectivity index (χ3n) is 6.53. The quantitative estimate of drug-likeness (QED) is 0.183. The highest BCUT2D eigenvalue weighted by Gasteiger charge is 2.40. The van der Waals surface area contributed by atoms with Gasteiger partial charge < -0.3 is 49.9 Å². The summed E-state index contributed by atoms with van der Waals surface area (Å²) in [5.74, 6) is 2.11. The highest BCUT2D eigenvalue weighted by Crippen LogP contribution is 2.50. The maximum Gasteiger partial charge on any atom is 0.361 e. The summed E-state index contributed by atoms with van der Waals surface area (Å²) in [6, 6.07) is 5.50. The monoisotopic (exact) mass is 577 g/mol. The number of esters is 1. The van der Waals surface area contributed by atoms with Crippen molar-refractivity contribution >= 4 is 17.8 Å². The Balaban J connectivity index is 0.00000380. The molecule has 9 nitrogen and oxygen atoms in total. The predicted molar refractivity (Wildman–Crippen MR) is 132 cm³/mol. The topological polar surface area (TPSA) is 89.5 Å². The van der Waals surface area contributed by atoms with Crippen molar-refractivity contribution in [1.82, 2.24) is 0 Å². The van der Waals surface area contributed by atoms with Crippen molar-refractivity contribution < 1.29 is 59.5 Å². The number of likely N-dealkylation sites (N-methyl/N-ethyl adjacent to an activating group) is 1. The Morgan fingerprint density at radius 2 is 1.81 bits per heavy atom. The third-order valence-corrected chi connectivity index (χ3v) is 6.53. The van der Waals surface area contributed by atoms with Gasteiger partial charge in [-0.25, -0.2) is 4.79 Å². The van der Waals surface area contributed by atoms with Gasteiger partial charge in [0, 0.05) is 6.42 Å². The molecule has 200 valence electrons. The van der Waals surface area contributed by atoms with Gasteiger partial charge in [0.1, 0.15) is 6.54 Å². The molecule has 2 heterocycles. The van der Waals surface area contributed by atoms with E-state index in [1.165, 1.54) is 13.2 Å². The lowest BCUT2D eigenvalue weighted by Gasteiger charge is -2.38. The van der Waals surface area contributed by atoms with Crippen molar-refractivity contribution in [2.24, 2.45) is 0 Å². The number of carbonyl (C=O) groups is 2. The molecule has 0 aliphatic carbocycles. The molecule has 0 aromatic heterocycles. The number of allylic oxidation sites excluding steroid dienone is 1. The van der Waals surface area contributed by atoms with Gasteiger partial charge in [0.15, 0.2) is 35.3 Å². The fraction of sp³-hybridized carbons (Fsp3) is 0.407. The molecule has 1 unspecified atom stereocenters. The molecule has 2 aromatic rings. The summed E-state index contributed by atoms with van der Waals surface area (Å²) in [7, 11) is 6.52. The largest absolute Gasteiger partial charge is 1.00 e. The summed E-state index contributed by atoms with van der Waals surface area (Å²) >= 11 is 0. The lowest BCUT2D eigenvalue weighted by molar-refractivity contribution is -0.917. The van der Waals surface area contributed by atoms with E-state index in [1.54, 1.807) is 20.3 Å². The molecular weight excluding hydrogens is 546 g/mol. The Labute approximate surface area is 227 Å².